The average Bonchev–Trinajstić information content (AvgIpc) is 2.74. The van der Waals surface area contributed by atoms with Crippen LogP contribution in [0.15, 0.2) is 42.5 Å². The largest absolute Gasteiger partial charge is 0.494 e. The summed E-state index contributed by atoms with van der Waals surface area (Å²) in [5, 5.41) is 3.91. The Morgan fingerprint density at radius 1 is 1.14 bits per heavy atom. The van der Waals surface area contributed by atoms with Gasteiger partial charge in [-0.15, -0.1) is 0 Å². The Morgan fingerprint density at radius 3 is 2.66 bits per heavy atom. The Labute approximate surface area is 169 Å². The minimum Gasteiger partial charge on any atom is -0.494 e. The minimum absolute atomic E-state index is 0.280. The Balaban J connectivity index is 2.01. The molecule has 3 rings (SSSR count). The molecule has 7 heteroatoms. The summed E-state index contributed by atoms with van der Waals surface area (Å²) in [7, 11) is 2.90. The molecule has 29 heavy (non-hydrogen) atoms. The highest BCUT2D eigenvalue weighted by Gasteiger charge is 2.26. The van der Waals surface area contributed by atoms with Crippen molar-refractivity contribution in [3.63, 3.8) is 0 Å². The second kappa shape index (κ2) is 9.52. The van der Waals surface area contributed by atoms with Crippen LogP contribution >= 0.6 is 0 Å². The summed E-state index contributed by atoms with van der Waals surface area (Å²) in [5.41, 5.74) is 1.01. The first kappa shape index (κ1) is 20.8. The molecular weight excluding hydrogens is 375 g/mol. The zero-order valence-electron chi connectivity index (χ0n) is 16.6. The van der Waals surface area contributed by atoms with Crippen molar-refractivity contribution in [3.8, 4) is 16.9 Å². The topological polar surface area (TPSA) is 67.9 Å². The van der Waals surface area contributed by atoms with E-state index in [4.69, 9.17) is 9.57 Å². The molecule has 2 amide bonds. The number of likely N-dealkylation sites (N-methyl/N-ethyl adjacent to an activating group) is 1. The molecular formula is C22H25FN2O4. The van der Waals surface area contributed by atoms with Crippen molar-refractivity contribution < 1.29 is 23.6 Å². The van der Waals surface area contributed by atoms with E-state index in [2.05, 4.69) is 5.32 Å². The fourth-order valence-electron chi connectivity index (χ4n) is 3.34. The van der Waals surface area contributed by atoms with E-state index in [1.165, 1.54) is 20.2 Å². The third-order valence-electron chi connectivity index (χ3n) is 4.99. The maximum atomic E-state index is 14.6. The maximum absolute atomic E-state index is 14.6. The third-order valence-corrected chi connectivity index (χ3v) is 4.99. The number of benzene rings is 2. The molecule has 0 spiro atoms. The van der Waals surface area contributed by atoms with Crippen LogP contribution in [-0.4, -0.2) is 43.7 Å². The third kappa shape index (κ3) is 4.92. The van der Waals surface area contributed by atoms with Gasteiger partial charge in [-0.2, -0.15) is 0 Å². The molecule has 0 fully saturated rings. The van der Waals surface area contributed by atoms with Crippen LogP contribution in [0, 0.1) is 5.82 Å². The highest BCUT2D eigenvalue weighted by Crippen LogP contribution is 2.30. The maximum Gasteiger partial charge on any atom is 0.268 e. The van der Waals surface area contributed by atoms with E-state index in [1.807, 2.05) is 0 Å². The lowest BCUT2D eigenvalue weighted by molar-refractivity contribution is -0.171. The van der Waals surface area contributed by atoms with Gasteiger partial charge in [0.1, 0.15) is 17.6 Å². The van der Waals surface area contributed by atoms with Gasteiger partial charge in [-0.1, -0.05) is 24.6 Å². The number of ether oxygens (including phenoxy) is 1. The van der Waals surface area contributed by atoms with Crippen LogP contribution in [0.1, 0.15) is 36.0 Å². The molecule has 0 saturated heterocycles. The van der Waals surface area contributed by atoms with Crippen LogP contribution in [0.4, 0.5) is 4.39 Å². The van der Waals surface area contributed by atoms with Crippen molar-refractivity contribution >= 4 is 11.8 Å². The number of carbonyl (C=O) groups is 2. The van der Waals surface area contributed by atoms with Gasteiger partial charge in [0.2, 0.25) is 0 Å². The lowest BCUT2D eigenvalue weighted by Gasteiger charge is -2.23. The smallest absolute Gasteiger partial charge is 0.268 e. The number of amides is 2. The zero-order chi connectivity index (χ0) is 20.8. The summed E-state index contributed by atoms with van der Waals surface area (Å²) in [6.45, 7) is 0.496. The normalized spacial score (nSPS) is 17.3. The highest BCUT2D eigenvalue weighted by atomic mass is 19.1. The van der Waals surface area contributed by atoms with Crippen molar-refractivity contribution in [2.24, 2.45) is 0 Å². The van der Waals surface area contributed by atoms with E-state index >= 15 is 0 Å². The molecule has 0 radical (unpaired) electrons. The van der Waals surface area contributed by atoms with Gasteiger partial charge in [0, 0.05) is 18.2 Å². The second-order valence-electron chi connectivity index (χ2n) is 6.93. The molecule has 1 unspecified atom stereocenters. The lowest BCUT2D eigenvalue weighted by atomic mass is 9.97. The number of rotatable bonds is 2. The Morgan fingerprint density at radius 2 is 1.90 bits per heavy atom. The molecule has 0 aliphatic carbocycles. The molecule has 1 aliphatic heterocycles. The number of carbonyl (C=O) groups excluding carboxylic acids is 2. The van der Waals surface area contributed by atoms with E-state index in [0.29, 0.717) is 29.9 Å². The molecule has 1 heterocycles. The fourth-order valence-corrected chi connectivity index (χ4v) is 3.34. The summed E-state index contributed by atoms with van der Waals surface area (Å²) in [6.07, 6.45) is 2.84. The number of nitrogens with one attached hydrogen (secondary N) is 1. The van der Waals surface area contributed by atoms with Gasteiger partial charge in [0.25, 0.3) is 11.8 Å². The number of hydroxylamine groups is 2. The zero-order valence-corrected chi connectivity index (χ0v) is 16.6. The molecule has 2 aromatic carbocycles. The van der Waals surface area contributed by atoms with Crippen LogP contribution in [0.3, 0.4) is 0 Å². The van der Waals surface area contributed by atoms with Crippen molar-refractivity contribution in [2.75, 3.05) is 20.8 Å². The minimum atomic E-state index is -0.736. The quantitative estimate of drug-likeness (QED) is 0.783. The van der Waals surface area contributed by atoms with E-state index < -0.39 is 17.8 Å². The van der Waals surface area contributed by atoms with E-state index in [1.54, 1.807) is 36.4 Å². The number of hydrogen-bond donors (Lipinski definition) is 1. The van der Waals surface area contributed by atoms with Gasteiger partial charge in [0.05, 0.1) is 13.7 Å². The SMILES string of the molecule is CON(C)C(=O)C1CCCCCOc2ccc(F)c(c2)-c2ccccc2C(=O)N1. The molecule has 2 aromatic rings. The molecule has 1 atom stereocenters. The Hall–Kier alpha value is -2.93. The number of hydrogen-bond acceptors (Lipinski definition) is 4. The van der Waals surface area contributed by atoms with E-state index in [-0.39, 0.29) is 11.5 Å². The second-order valence-corrected chi connectivity index (χ2v) is 6.93. The molecule has 0 saturated carbocycles. The van der Waals surface area contributed by atoms with Gasteiger partial charge in [-0.05, 0) is 49.1 Å². The van der Waals surface area contributed by atoms with Crippen molar-refractivity contribution in [2.45, 2.75) is 31.7 Å². The highest BCUT2D eigenvalue weighted by molar-refractivity contribution is 6.02. The molecule has 2 bridgehead atoms. The first-order valence-electron chi connectivity index (χ1n) is 9.65. The van der Waals surface area contributed by atoms with Gasteiger partial charge < -0.3 is 10.1 Å². The van der Waals surface area contributed by atoms with Crippen LogP contribution in [0.5, 0.6) is 5.75 Å². The summed E-state index contributed by atoms with van der Waals surface area (Å²) in [6, 6.07) is 10.5. The monoisotopic (exact) mass is 400 g/mol. The molecule has 1 N–H and O–H groups in total. The molecule has 154 valence electrons. The average molecular weight is 400 g/mol. The Kier molecular flexibility index (Phi) is 6.82. The van der Waals surface area contributed by atoms with Crippen molar-refractivity contribution in [3.05, 3.63) is 53.8 Å². The molecule has 6 nitrogen and oxygen atoms in total. The van der Waals surface area contributed by atoms with Crippen LogP contribution in [0.2, 0.25) is 0 Å². The summed E-state index contributed by atoms with van der Waals surface area (Å²) < 4.78 is 20.3. The van der Waals surface area contributed by atoms with Gasteiger partial charge in [-0.3, -0.25) is 14.4 Å². The van der Waals surface area contributed by atoms with Gasteiger partial charge in [0.15, 0.2) is 0 Å². The first-order valence-corrected chi connectivity index (χ1v) is 9.65. The number of halogens is 1. The number of fused-ring (bicyclic) bond motifs is 4. The van der Waals surface area contributed by atoms with Crippen molar-refractivity contribution in [1.29, 1.82) is 0 Å². The summed E-state index contributed by atoms with van der Waals surface area (Å²) >= 11 is 0. The molecule has 0 aromatic heterocycles. The standard InChI is InChI=1S/C22H25FN2O4/c1-25(28-2)22(27)20-10-4-3-7-13-29-15-11-12-19(23)18(14-15)16-8-5-6-9-17(16)21(26)24-20/h5-6,8-9,11-12,14,20H,3-4,7,10,13H2,1-2H3,(H,24,26). The van der Waals surface area contributed by atoms with Crippen LogP contribution in [0.25, 0.3) is 11.1 Å². The molecule has 1 aliphatic rings. The predicted octanol–water partition coefficient (Wildman–Crippen LogP) is 3.56. The van der Waals surface area contributed by atoms with Crippen molar-refractivity contribution in [1.82, 2.24) is 10.4 Å². The summed E-state index contributed by atoms with van der Waals surface area (Å²) in [4.78, 5) is 30.6. The number of nitrogens with zero attached hydrogens (tertiary/aromatic N) is 1. The fraction of sp³-hybridized carbons (Fsp3) is 0.364. The Bertz CT molecular complexity index is 887. The van der Waals surface area contributed by atoms with Gasteiger partial charge >= 0.3 is 0 Å². The summed E-state index contributed by atoms with van der Waals surface area (Å²) in [5.74, 6) is -0.666. The predicted molar refractivity (Wildman–Crippen MR) is 107 cm³/mol. The lowest BCUT2D eigenvalue weighted by Crippen LogP contribution is -2.47. The van der Waals surface area contributed by atoms with Crippen LogP contribution < -0.4 is 10.1 Å². The first-order chi connectivity index (χ1) is 14.0. The van der Waals surface area contributed by atoms with Gasteiger partial charge in [-0.25, -0.2) is 9.45 Å². The van der Waals surface area contributed by atoms with E-state index in [9.17, 15) is 14.0 Å². The van der Waals surface area contributed by atoms with Crippen LogP contribution in [-0.2, 0) is 9.63 Å². The van der Waals surface area contributed by atoms with E-state index in [0.717, 1.165) is 24.3 Å².